The Bertz CT molecular complexity index is 1580. The summed E-state index contributed by atoms with van der Waals surface area (Å²) in [5, 5.41) is 32.4. The number of halogens is 2. The van der Waals surface area contributed by atoms with Crippen LogP contribution in [0.25, 0.3) is 0 Å². The van der Waals surface area contributed by atoms with E-state index in [1.165, 1.54) is 11.8 Å². The smallest absolute Gasteiger partial charge is 0.326 e. The summed E-state index contributed by atoms with van der Waals surface area (Å²) in [6.07, 6.45) is 2.62. The average Bonchev–Trinajstić information content (AvgIpc) is 3.32. The molecule has 1 unspecified atom stereocenters. The van der Waals surface area contributed by atoms with Gasteiger partial charge in [0, 0.05) is 12.6 Å². The lowest BCUT2D eigenvalue weighted by molar-refractivity contribution is -0.151. The molecule has 1 aromatic carbocycles. The number of carboxylic acids is 2. The molecule has 2 amide bonds. The molecular weight excluding hydrogens is 691 g/mol. The molecule has 0 radical (unpaired) electrons. The highest BCUT2D eigenvalue weighted by molar-refractivity contribution is 7.90. The highest BCUT2D eigenvalue weighted by atomic mass is 35.5. The van der Waals surface area contributed by atoms with Gasteiger partial charge < -0.3 is 25.7 Å². The number of amides is 2. The minimum atomic E-state index is -4.30. The normalized spacial score (nSPS) is 24.7. The molecule has 2 heterocycles. The number of nitrogens with zero attached hydrogens (tertiary/aromatic N) is 1. The molecule has 46 heavy (non-hydrogen) atoms. The molecule has 3 aliphatic rings. The number of carbonyl (C=O) groups excluding carboxylic acids is 2. The van der Waals surface area contributed by atoms with E-state index in [1.807, 2.05) is 0 Å². The summed E-state index contributed by atoms with van der Waals surface area (Å²) in [6, 6.07) is -1.31. The molecule has 1 saturated carbocycles. The first-order chi connectivity index (χ1) is 21.0. The van der Waals surface area contributed by atoms with Gasteiger partial charge in [0.25, 0.3) is 0 Å². The molecule has 0 aromatic heterocycles. The van der Waals surface area contributed by atoms with Crippen LogP contribution in [0.3, 0.4) is 0 Å². The van der Waals surface area contributed by atoms with Gasteiger partial charge in [-0.15, -0.1) is 12.4 Å². The number of likely N-dealkylation sites (tertiary alicyclic amines) is 1. The van der Waals surface area contributed by atoms with Gasteiger partial charge in [0.15, 0.2) is 0 Å². The van der Waals surface area contributed by atoms with Crippen molar-refractivity contribution >= 4 is 73.5 Å². The maximum Gasteiger partial charge on any atom is 0.326 e. The van der Waals surface area contributed by atoms with E-state index in [-0.39, 0.29) is 60.9 Å². The molecule has 0 bridgehead atoms. The highest BCUT2D eigenvalue weighted by Crippen LogP contribution is 2.40. The van der Waals surface area contributed by atoms with E-state index in [9.17, 15) is 46.2 Å². The van der Waals surface area contributed by atoms with Gasteiger partial charge in [0.05, 0.1) is 29.3 Å². The van der Waals surface area contributed by atoms with Gasteiger partial charge >= 0.3 is 11.9 Å². The molecule has 1 saturated heterocycles. The number of rotatable bonds is 12. The summed E-state index contributed by atoms with van der Waals surface area (Å²) in [6.45, 7) is 1.55. The molecule has 2 fully saturated rings. The van der Waals surface area contributed by atoms with Crippen LogP contribution < -0.4 is 25.8 Å². The highest BCUT2D eigenvalue weighted by Gasteiger charge is 2.48. The summed E-state index contributed by atoms with van der Waals surface area (Å²) in [5.41, 5.74) is -0.0226. The number of anilines is 1. The Morgan fingerprint density at radius 2 is 1.85 bits per heavy atom. The summed E-state index contributed by atoms with van der Waals surface area (Å²) >= 11 is 5.97. The zero-order valence-corrected chi connectivity index (χ0v) is 28.0. The monoisotopic (exact) mass is 728 g/mol. The zero-order chi connectivity index (χ0) is 33.3. The number of fused-ring (bicyclic) bond motifs is 2. The Balaban J connectivity index is 0.00000576. The van der Waals surface area contributed by atoms with Gasteiger partial charge in [0.1, 0.15) is 21.9 Å². The van der Waals surface area contributed by atoms with Crippen molar-refractivity contribution in [2.45, 2.75) is 98.4 Å². The molecule has 1 aromatic rings. The molecule has 16 nitrogen and oxygen atoms in total. The van der Waals surface area contributed by atoms with Gasteiger partial charge in [-0.3, -0.25) is 19.7 Å². The van der Waals surface area contributed by atoms with Gasteiger partial charge in [-0.2, -0.15) is 4.72 Å². The first-order valence-corrected chi connectivity index (χ1v) is 17.9. The number of carboxylic acid groups (broad SMARTS) is 2. The third-order valence-corrected chi connectivity index (χ3v) is 11.3. The predicted molar refractivity (Wildman–Crippen MR) is 167 cm³/mol. The summed E-state index contributed by atoms with van der Waals surface area (Å²) in [5.74, 6) is -3.19. The van der Waals surface area contributed by atoms with Crippen LogP contribution in [0.15, 0.2) is 21.9 Å². The Kier molecular flexibility index (Phi) is 12.3. The van der Waals surface area contributed by atoms with Crippen molar-refractivity contribution in [1.82, 2.24) is 20.3 Å². The van der Waals surface area contributed by atoms with Crippen molar-refractivity contribution in [2.75, 3.05) is 11.9 Å². The molecule has 4 rings (SSSR count). The number of carbonyl (C=O) groups is 4. The van der Waals surface area contributed by atoms with Gasteiger partial charge in [0.2, 0.25) is 31.9 Å². The SMILES string of the molecule is CC(N[C@@H](CCCNC(=O)C[C@H]1Nc2cc(Cl)c(S(N)(=O)=O)cc2S(=O)(=O)N1)C(=O)O)C(=O)N1[C@@H]2CCCC[C@@H]2C[C@H]1C(=O)O.Cl. The Morgan fingerprint density at radius 1 is 1.17 bits per heavy atom. The second-order valence-electron chi connectivity index (χ2n) is 11.6. The fourth-order valence-electron chi connectivity index (χ4n) is 6.31. The lowest BCUT2D eigenvalue weighted by Gasteiger charge is -2.35. The second kappa shape index (κ2) is 15.0. The number of aliphatic carboxylic acids is 2. The van der Waals surface area contributed by atoms with Gasteiger partial charge in [-0.05, 0) is 57.1 Å². The van der Waals surface area contributed by atoms with E-state index in [0.717, 1.165) is 31.4 Å². The van der Waals surface area contributed by atoms with E-state index in [0.29, 0.717) is 12.8 Å². The zero-order valence-electron chi connectivity index (χ0n) is 24.8. The molecular formula is C26H38Cl2N6O10S2. The average molecular weight is 730 g/mol. The van der Waals surface area contributed by atoms with Crippen LogP contribution in [0, 0.1) is 5.92 Å². The maximum atomic E-state index is 13.3. The van der Waals surface area contributed by atoms with Crippen molar-refractivity contribution in [2.24, 2.45) is 11.1 Å². The number of nitrogens with one attached hydrogen (secondary N) is 4. The largest absolute Gasteiger partial charge is 0.480 e. The predicted octanol–water partition coefficient (Wildman–Crippen LogP) is 0.401. The second-order valence-corrected chi connectivity index (χ2v) is 15.2. The van der Waals surface area contributed by atoms with Gasteiger partial charge in [-0.25, -0.2) is 26.8 Å². The number of benzene rings is 1. The molecule has 8 N–H and O–H groups in total. The molecule has 20 heteroatoms. The van der Waals surface area contributed by atoms with Crippen molar-refractivity contribution < 1.29 is 46.2 Å². The molecule has 0 spiro atoms. The molecule has 258 valence electrons. The van der Waals surface area contributed by atoms with E-state index in [1.54, 1.807) is 0 Å². The quantitative estimate of drug-likeness (QED) is 0.144. The van der Waals surface area contributed by atoms with Crippen LogP contribution in [-0.2, 0) is 39.2 Å². The van der Waals surface area contributed by atoms with Crippen molar-refractivity contribution in [3.63, 3.8) is 0 Å². The van der Waals surface area contributed by atoms with Crippen LogP contribution >= 0.6 is 24.0 Å². The summed E-state index contributed by atoms with van der Waals surface area (Å²) < 4.78 is 51.1. The Hall–Kier alpha value is -2.74. The fourth-order valence-corrected chi connectivity index (χ4v) is 8.81. The van der Waals surface area contributed by atoms with Crippen LogP contribution in [0.5, 0.6) is 0 Å². The minimum Gasteiger partial charge on any atom is -0.480 e. The topological polar surface area (TPSA) is 254 Å². The Morgan fingerprint density at radius 3 is 2.48 bits per heavy atom. The van der Waals surface area contributed by atoms with Crippen molar-refractivity contribution in [1.29, 1.82) is 0 Å². The first-order valence-electron chi connectivity index (χ1n) is 14.5. The third-order valence-electron chi connectivity index (χ3n) is 8.39. The van der Waals surface area contributed by atoms with E-state index < -0.39 is 77.9 Å². The number of sulfonamides is 2. The van der Waals surface area contributed by atoms with Crippen LogP contribution in [0.1, 0.15) is 58.3 Å². The maximum absolute atomic E-state index is 13.3. The summed E-state index contributed by atoms with van der Waals surface area (Å²) in [4.78, 5) is 50.2. The molecule has 6 atom stereocenters. The van der Waals surface area contributed by atoms with Crippen LogP contribution in [0.4, 0.5) is 5.69 Å². The third kappa shape index (κ3) is 8.59. The Labute approximate surface area is 277 Å². The number of nitrogens with two attached hydrogens (primary N) is 1. The number of hydrogen-bond acceptors (Lipinski definition) is 10. The minimum absolute atomic E-state index is 0. The fraction of sp³-hybridized carbons (Fsp3) is 0.615. The van der Waals surface area contributed by atoms with Crippen LogP contribution in [-0.4, -0.2) is 92.6 Å². The standard InChI is InChI=1S/C26H37ClN6O10S2.ClH/c1-13(24(35)33-18-7-3-2-5-14(18)9-19(33)26(38)39)30-16(25(36)37)6-4-8-29-23(34)12-22-31-17-10-15(27)20(44(28,40)41)11-21(17)45(42,43)32-22;/h10-11,13-14,16,18-19,22,30-32H,2-9,12H2,1H3,(H,29,34)(H,36,37)(H,38,39)(H2,28,40,41);1H/t13?,14-,16+,18-,19+,22+;/m1./s1. The van der Waals surface area contributed by atoms with Gasteiger partial charge in [-0.1, -0.05) is 24.4 Å². The lowest BCUT2D eigenvalue weighted by Crippen LogP contribution is -2.55. The molecule has 2 aliphatic heterocycles. The summed E-state index contributed by atoms with van der Waals surface area (Å²) in [7, 11) is -8.53. The van der Waals surface area contributed by atoms with E-state index in [2.05, 4.69) is 20.7 Å². The number of hydrogen-bond donors (Lipinski definition) is 7. The van der Waals surface area contributed by atoms with E-state index >= 15 is 0 Å². The first kappa shape index (κ1) is 37.7. The number of primary sulfonamides is 1. The van der Waals surface area contributed by atoms with Crippen LogP contribution in [0.2, 0.25) is 5.02 Å². The van der Waals surface area contributed by atoms with E-state index in [4.69, 9.17) is 16.7 Å². The van der Waals surface area contributed by atoms with Crippen molar-refractivity contribution in [3.05, 3.63) is 17.2 Å². The lowest BCUT2D eigenvalue weighted by atomic mass is 9.84. The molecule has 1 aliphatic carbocycles. The van der Waals surface area contributed by atoms with Crippen molar-refractivity contribution in [3.8, 4) is 0 Å².